The third kappa shape index (κ3) is 3.89. The molecule has 3 nitrogen and oxygen atoms in total. The molecule has 0 saturated heterocycles. The average molecular weight is 401 g/mol. The summed E-state index contributed by atoms with van der Waals surface area (Å²) in [5.41, 5.74) is 1.86. The number of hydrogen-bond acceptors (Lipinski definition) is 3. The second kappa shape index (κ2) is 8.47. The van der Waals surface area contributed by atoms with E-state index in [1.165, 1.54) is 10.6 Å². The Morgan fingerprint density at radius 1 is 0.821 bits per heavy atom. The van der Waals surface area contributed by atoms with E-state index in [2.05, 4.69) is 53.2 Å². The highest BCUT2D eigenvalue weighted by Crippen LogP contribution is 2.44. The normalized spacial score (nSPS) is 10.8. The monoisotopic (exact) mass is 401 g/mol. The SMILES string of the molecule is Cc1csc(N(C(=N)c2ccccc2)P(c2ccccc2)c2ccccc2)n1. The molecular weight excluding hydrogens is 381 g/mol. The Kier molecular flexibility index (Phi) is 5.61. The third-order valence-corrected chi connectivity index (χ3v) is 7.69. The fraction of sp³-hybridized carbons (Fsp3) is 0.0435. The van der Waals surface area contributed by atoms with Gasteiger partial charge in [0.1, 0.15) is 5.84 Å². The van der Waals surface area contributed by atoms with Crippen LogP contribution >= 0.6 is 19.4 Å². The van der Waals surface area contributed by atoms with Crippen molar-refractivity contribution >= 4 is 41.0 Å². The maximum atomic E-state index is 9.07. The Labute approximate surface area is 170 Å². The number of thiazole rings is 1. The van der Waals surface area contributed by atoms with E-state index < -0.39 is 8.07 Å². The molecule has 138 valence electrons. The number of benzene rings is 3. The number of amidine groups is 1. The van der Waals surface area contributed by atoms with Gasteiger partial charge in [0.2, 0.25) is 0 Å². The molecule has 0 radical (unpaired) electrons. The van der Waals surface area contributed by atoms with E-state index in [1.54, 1.807) is 11.3 Å². The van der Waals surface area contributed by atoms with E-state index in [9.17, 15) is 0 Å². The molecule has 4 aromatic rings. The molecule has 0 amide bonds. The molecule has 0 bridgehead atoms. The minimum absolute atomic E-state index is 0.466. The predicted octanol–water partition coefficient (Wildman–Crippen LogP) is 5.33. The zero-order chi connectivity index (χ0) is 19.3. The van der Waals surface area contributed by atoms with E-state index in [4.69, 9.17) is 10.4 Å². The molecule has 0 fully saturated rings. The van der Waals surface area contributed by atoms with Crippen molar-refractivity contribution in [1.82, 2.24) is 4.98 Å². The van der Waals surface area contributed by atoms with Gasteiger partial charge in [-0.05, 0) is 6.92 Å². The molecule has 28 heavy (non-hydrogen) atoms. The molecule has 1 N–H and O–H groups in total. The van der Waals surface area contributed by atoms with Crippen molar-refractivity contribution in [2.24, 2.45) is 0 Å². The summed E-state index contributed by atoms with van der Waals surface area (Å²) < 4.78 is 2.10. The highest BCUT2D eigenvalue weighted by atomic mass is 32.1. The maximum absolute atomic E-state index is 9.07. The Morgan fingerprint density at radius 2 is 1.32 bits per heavy atom. The minimum atomic E-state index is -0.984. The van der Waals surface area contributed by atoms with Crippen molar-refractivity contribution in [3.63, 3.8) is 0 Å². The predicted molar refractivity (Wildman–Crippen MR) is 122 cm³/mol. The quantitative estimate of drug-likeness (QED) is 0.279. The van der Waals surface area contributed by atoms with Crippen molar-refractivity contribution in [2.45, 2.75) is 6.92 Å². The molecule has 0 aliphatic heterocycles. The van der Waals surface area contributed by atoms with Gasteiger partial charge in [-0.25, -0.2) is 4.98 Å². The molecule has 5 heteroatoms. The molecule has 0 aliphatic carbocycles. The summed E-state index contributed by atoms with van der Waals surface area (Å²) in [5, 5.41) is 14.4. The first-order valence-corrected chi connectivity index (χ1v) is 11.2. The van der Waals surface area contributed by atoms with Gasteiger partial charge in [0.05, 0.1) is 13.8 Å². The van der Waals surface area contributed by atoms with E-state index in [1.807, 2.05) is 54.8 Å². The lowest BCUT2D eigenvalue weighted by molar-refractivity contribution is 1.23. The van der Waals surface area contributed by atoms with E-state index in [0.29, 0.717) is 5.84 Å². The van der Waals surface area contributed by atoms with Crippen LogP contribution in [-0.2, 0) is 0 Å². The van der Waals surface area contributed by atoms with Gasteiger partial charge in [0.25, 0.3) is 0 Å². The van der Waals surface area contributed by atoms with Gasteiger partial charge in [-0.15, -0.1) is 11.3 Å². The summed E-state index contributed by atoms with van der Waals surface area (Å²) in [5.74, 6) is 0.466. The van der Waals surface area contributed by atoms with Crippen LogP contribution in [0.2, 0.25) is 0 Å². The van der Waals surface area contributed by atoms with Crippen LogP contribution in [-0.4, -0.2) is 10.8 Å². The largest absolute Gasteiger partial charge is 0.284 e. The van der Waals surface area contributed by atoms with Gasteiger partial charge in [0.15, 0.2) is 5.13 Å². The molecule has 4 rings (SSSR count). The standard InChI is InChI=1S/C23H20N3PS/c1-18-17-28-23(25-18)26(22(24)19-11-5-2-6-12-19)27(20-13-7-3-8-14-20)21-15-9-4-10-16-21/h2-17,24H,1H3. The van der Waals surface area contributed by atoms with Crippen LogP contribution in [0.5, 0.6) is 0 Å². The Hall–Kier alpha value is -2.81. The second-order valence-electron chi connectivity index (χ2n) is 6.28. The second-order valence-corrected chi connectivity index (χ2v) is 9.17. The summed E-state index contributed by atoms with van der Waals surface area (Å²) in [6, 6.07) is 30.8. The fourth-order valence-electron chi connectivity index (χ4n) is 2.96. The van der Waals surface area contributed by atoms with E-state index in [-0.39, 0.29) is 0 Å². The van der Waals surface area contributed by atoms with Gasteiger partial charge >= 0.3 is 0 Å². The zero-order valence-electron chi connectivity index (χ0n) is 15.5. The molecule has 0 atom stereocenters. The summed E-state index contributed by atoms with van der Waals surface area (Å²) in [6.45, 7) is 2.00. The Balaban J connectivity index is 1.90. The van der Waals surface area contributed by atoms with Crippen LogP contribution in [0, 0.1) is 12.3 Å². The van der Waals surface area contributed by atoms with Gasteiger partial charge < -0.3 is 0 Å². The van der Waals surface area contributed by atoms with Crippen molar-refractivity contribution < 1.29 is 0 Å². The van der Waals surface area contributed by atoms with E-state index in [0.717, 1.165) is 16.4 Å². The van der Waals surface area contributed by atoms with Crippen LogP contribution < -0.4 is 15.3 Å². The first-order chi connectivity index (χ1) is 13.7. The average Bonchev–Trinajstić information content (AvgIpc) is 3.19. The molecule has 0 aliphatic rings. The molecule has 1 aromatic heterocycles. The number of hydrogen-bond donors (Lipinski definition) is 1. The fourth-order valence-corrected chi connectivity index (χ4v) is 6.26. The van der Waals surface area contributed by atoms with Crippen LogP contribution in [0.3, 0.4) is 0 Å². The van der Waals surface area contributed by atoms with Gasteiger partial charge in [-0.1, -0.05) is 91.0 Å². The summed E-state index contributed by atoms with van der Waals surface area (Å²) in [6.07, 6.45) is 0. The minimum Gasteiger partial charge on any atom is -0.284 e. The van der Waals surface area contributed by atoms with Crippen LogP contribution in [0.1, 0.15) is 11.3 Å². The van der Waals surface area contributed by atoms with Crippen molar-refractivity contribution in [3.05, 3.63) is 108 Å². The molecule has 1 heterocycles. The Bertz CT molecular complexity index is 1010. The summed E-state index contributed by atoms with van der Waals surface area (Å²) in [7, 11) is -0.984. The number of nitrogens with zero attached hydrogens (tertiary/aromatic N) is 2. The van der Waals surface area contributed by atoms with Crippen molar-refractivity contribution in [1.29, 1.82) is 5.41 Å². The summed E-state index contributed by atoms with van der Waals surface area (Å²) in [4.78, 5) is 4.75. The maximum Gasteiger partial charge on any atom is 0.195 e. The number of nitrogens with one attached hydrogen (secondary N) is 1. The summed E-state index contributed by atoms with van der Waals surface area (Å²) >= 11 is 1.59. The van der Waals surface area contributed by atoms with Gasteiger partial charge in [-0.3, -0.25) is 10.1 Å². The van der Waals surface area contributed by atoms with Crippen molar-refractivity contribution in [3.8, 4) is 0 Å². The lowest BCUT2D eigenvalue weighted by Gasteiger charge is -2.32. The van der Waals surface area contributed by atoms with Crippen LogP contribution in [0.15, 0.2) is 96.4 Å². The molecule has 0 saturated carbocycles. The highest BCUT2D eigenvalue weighted by molar-refractivity contribution is 7.75. The number of anilines is 1. The number of aryl methyl sites for hydroxylation is 1. The number of aromatic nitrogens is 1. The first kappa shape index (κ1) is 18.5. The molecule has 0 unspecified atom stereocenters. The van der Waals surface area contributed by atoms with Crippen LogP contribution in [0.25, 0.3) is 0 Å². The van der Waals surface area contributed by atoms with E-state index >= 15 is 0 Å². The molecule has 3 aromatic carbocycles. The highest BCUT2D eigenvalue weighted by Gasteiger charge is 2.29. The van der Waals surface area contributed by atoms with Crippen LogP contribution in [0.4, 0.5) is 5.13 Å². The van der Waals surface area contributed by atoms with Gasteiger partial charge in [0, 0.05) is 21.6 Å². The third-order valence-electron chi connectivity index (χ3n) is 4.25. The molecular formula is C23H20N3PS. The smallest absolute Gasteiger partial charge is 0.195 e. The topological polar surface area (TPSA) is 40.0 Å². The van der Waals surface area contributed by atoms with Gasteiger partial charge in [-0.2, -0.15) is 0 Å². The lowest BCUT2D eigenvalue weighted by atomic mass is 10.2. The lowest BCUT2D eigenvalue weighted by Crippen LogP contribution is -2.34. The number of rotatable bonds is 5. The molecule has 0 spiro atoms. The first-order valence-electron chi connectivity index (χ1n) is 9.00. The Morgan fingerprint density at radius 3 is 1.79 bits per heavy atom. The zero-order valence-corrected chi connectivity index (χ0v) is 17.2. The van der Waals surface area contributed by atoms with Crippen molar-refractivity contribution in [2.75, 3.05) is 4.67 Å².